The number of aromatic nitrogens is 5. The molecule has 5 rings (SSSR count). The summed E-state index contributed by atoms with van der Waals surface area (Å²) in [5.41, 5.74) is 4.13. The third-order valence-electron chi connectivity index (χ3n) is 5.74. The molecule has 0 radical (unpaired) electrons. The number of nitrogens with one attached hydrogen (secondary N) is 4. The SMILES string of the molecule is Cc1nc(N2CCNCC2)nc2nc(-c3c(NCCc4cccc(Cl)c4)cc[nH]c3=O)[nH]c12. The second-order valence-corrected chi connectivity index (χ2v) is 8.47. The molecule has 33 heavy (non-hydrogen) atoms. The van der Waals surface area contributed by atoms with Gasteiger partial charge < -0.3 is 25.5 Å². The fraction of sp³-hybridized carbons (Fsp3) is 0.304. The van der Waals surface area contributed by atoms with Gasteiger partial charge >= 0.3 is 0 Å². The van der Waals surface area contributed by atoms with E-state index in [0.717, 1.165) is 49.4 Å². The molecule has 4 N–H and O–H groups in total. The van der Waals surface area contributed by atoms with Crippen LogP contribution in [-0.2, 0) is 6.42 Å². The molecule has 0 bridgehead atoms. The van der Waals surface area contributed by atoms with Crippen molar-refractivity contribution in [2.24, 2.45) is 0 Å². The zero-order chi connectivity index (χ0) is 22.8. The summed E-state index contributed by atoms with van der Waals surface area (Å²) in [7, 11) is 0. The van der Waals surface area contributed by atoms with E-state index in [1.807, 2.05) is 37.3 Å². The Labute approximate surface area is 195 Å². The van der Waals surface area contributed by atoms with Crippen molar-refractivity contribution in [3.05, 3.63) is 63.2 Å². The van der Waals surface area contributed by atoms with Gasteiger partial charge in [-0.3, -0.25) is 4.79 Å². The molecule has 0 atom stereocenters. The van der Waals surface area contributed by atoms with Crippen LogP contribution in [0.5, 0.6) is 0 Å². The predicted octanol–water partition coefficient (Wildman–Crippen LogP) is 2.73. The van der Waals surface area contributed by atoms with Crippen molar-refractivity contribution in [3.8, 4) is 11.4 Å². The van der Waals surface area contributed by atoms with Crippen LogP contribution in [0.15, 0.2) is 41.3 Å². The van der Waals surface area contributed by atoms with Gasteiger partial charge in [0.05, 0.1) is 11.4 Å². The minimum absolute atomic E-state index is 0.227. The summed E-state index contributed by atoms with van der Waals surface area (Å²) in [5.74, 6) is 1.13. The molecule has 4 aromatic rings. The second kappa shape index (κ2) is 9.21. The first-order valence-corrected chi connectivity index (χ1v) is 11.4. The second-order valence-electron chi connectivity index (χ2n) is 8.03. The Kier molecular flexibility index (Phi) is 5.97. The predicted molar refractivity (Wildman–Crippen MR) is 131 cm³/mol. The maximum Gasteiger partial charge on any atom is 0.261 e. The van der Waals surface area contributed by atoms with Crippen molar-refractivity contribution in [2.75, 3.05) is 42.9 Å². The van der Waals surface area contributed by atoms with Crippen LogP contribution in [0.3, 0.4) is 0 Å². The average Bonchev–Trinajstić information content (AvgIpc) is 3.24. The third-order valence-corrected chi connectivity index (χ3v) is 5.97. The molecule has 1 aliphatic heterocycles. The Morgan fingerprint density at radius 1 is 1.15 bits per heavy atom. The highest BCUT2D eigenvalue weighted by molar-refractivity contribution is 6.30. The van der Waals surface area contributed by atoms with E-state index < -0.39 is 0 Å². The molecule has 1 fully saturated rings. The molecule has 0 amide bonds. The lowest BCUT2D eigenvalue weighted by molar-refractivity contribution is 0.580. The van der Waals surface area contributed by atoms with E-state index in [1.165, 1.54) is 0 Å². The first-order valence-electron chi connectivity index (χ1n) is 11.0. The largest absolute Gasteiger partial charge is 0.384 e. The smallest absolute Gasteiger partial charge is 0.261 e. The number of fused-ring (bicyclic) bond motifs is 1. The van der Waals surface area contributed by atoms with Crippen molar-refractivity contribution in [3.63, 3.8) is 0 Å². The number of imidazole rings is 1. The highest BCUT2D eigenvalue weighted by Crippen LogP contribution is 2.26. The number of H-pyrrole nitrogens is 2. The third kappa shape index (κ3) is 4.55. The van der Waals surface area contributed by atoms with Crippen molar-refractivity contribution in [2.45, 2.75) is 13.3 Å². The Bertz CT molecular complexity index is 1340. The van der Waals surface area contributed by atoms with Crippen molar-refractivity contribution >= 4 is 34.4 Å². The van der Waals surface area contributed by atoms with E-state index in [9.17, 15) is 4.79 Å². The summed E-state index contributed by atoms with van der Waals surface area (Å²) in [6, 6.07) is 9.60. The van der Waals surface area contributed by atoms with Gasteiger partial charge in [0, 0.05) is 43.9 Å². The van der Waals surface area contributed by atoms with Gasteiger partial charge in [0.1, 0.15) is 16.9 Å². The molecule has 9 nitrogen and oxygen atoms in total. The van der Waals surface area contributed by atoms with E-state index in [2.05, 4.69) is 40.5 Å². The van der Waals surface area contributed by atoms with E-state index in [0.29, 0.717) is 40.2 Å². The van der Waals surface area contributed by atoms with Crippen molar-refractivity contribution in [1.82, 2.24) is 30.2 Å². The quantitative estimate of drug-likeness (QED) is 0.347. The maximum absolute atomic E-state index is 12.8. The Balaban J connectivity index is 1.44. The standard InChI is InChI=1S/C23H25ClN8O/c1-14-19-21(31-23(28-14)32-11-9-25-10-12-32)30-20(29-19)18-17(6-8-27-22(18)33)26-7-5-15-3-2-4-16(24)13-15/h2-4,6,8,13,25H,5,7,9-12H2,1H3,(H2,26,27,33)(H,28,29,30,31). The topological polar surface area (TPSA) is 115 Å². The number of anilines is 2. The fourth-order valence-corrected chi connectivity index (χ4v) is 4.26. The summed E-state index contributed by atoms with van der Waals surface area (Å²) in [4.78, 5) is 35.0. The zero-order valence-corrected chi connectivity index (χ0v) is 19.0. The van der Waals surface area contributed by atoms with Crippen LogP contribution in [0.1, 0.15) is 11.3 Å². The van der Waals surface area contributed by atoms with E-state index in [-0.39, 0.29) is 5.56 Å². The van der Waals surface area contributed by atoms with Crippen LogP contribution in [0, 0.1) is 6.92 Å². The molecule has 0 aliphatic carbocycles. The monoisotopic (exact) mass is 464 g/mol. The van der Waals surface area contributed by atoms with Gasteiger partial charge in [0.2, 0.25) is 5.95 Å². The first kappa shape index (κ1) is 21.4. The van der Waals surface area contributed by atoms with Gasteiger partial charge in [-0.1, -0.05) is 23.7 Å². The molecule has 10 heteroatoms. The Morgan fingerprint density at radius 3 is 2.82 bits per heavy atom. The number of hydrogen-bond donors (Lipinski definition) is 4. The van der Waals surface area contributed by atoms with Gasteiger partial charge in [-0.2, -0.15) is 4.98 Å². The molecule has 0 unspecified atom stereocenters. The van der Waals surface area contributed by atoms with Crippen LogP contribution in [0.4, 0.5) is 11.6 Å². The van der Waals surface area contributed by atoms with Crippen molar-refractivity contribution in [1.29, 1.82) is 0 Å². The lowest BCUT2D eigenvalue weighted by Crippen LogP contribution is -2.44. The van der Waals surface area contributed by atoms with E-state index >= 15 is 0 Å². The fourth-order valence-electron chi connectivity index (χ4n) is 4.04. The maximum atomic E-state index is 12.8. The molecular formula is C23H25ClN8O. The van der Waals surface area contributed by atoms with E-state index in [1.54, 1.807) is 6.20 Å². The number of rotatable bonds is 6. The number of aryl methyl sites for hydroxylation is 1. The number of benzene rings is 1. The van der Waals surface area contributed by atoms with Gasteiger partial charge in [0.25, 0.3) is 5.56 Å². The Morgan fingerprint density at radius 2 is 2.00 bits per heavy atom. The Hall–Kier alpha value is -3.43. The molecule has 1 aromatic carbocycles. The molecule has 1 aliphatic rings. The van der Waals surface area contributed by atoms with Gasteiger partial charge in [0.15, 0.2) is 5.65 Å². The number of halogens is 1. The van der Waals surface area contributed by atoms with Crippen molar-refractivity contribution < 1.29 is 0 Å². The molecule has 3 aromatic heterocycles. The highest BCUT2D eigenvalue weighted by Gasteiger charge is 2.19. The number of piperazine rings is 1. The number of nitrogens with zero attached hydrogens (tertiary/aromatic N) is 4. The number of pyridine rings is 1. The summed E-state index contributed by atoms with van der Waals surface area (Å²) >= 11 is 6.08. The van der Waals surface area contributed by atoms with Gasteiger partial charge in [-0.05, 0) is 37.1 Å². The van der Waals surface area contributed by atoms with Gasteiger partial charge in [-0.15, -0.1) is 0 Å². The van der Waals surface area contributed by atoms with Crippen LogP contribution in [0.25, 0.3) is 22.6 Å². The zero-order valence-electron chi connectivity index (χ0n) is 18.3. The molecule has 0 spiro atoms. The highest BCUT2D eigenvalue weighted by atomic mass is 35.5. The summed E-state index contributed by atoms with van der Waals surface area (Å²) in [6.45, 7) is 6.06. The molecule has 170 valence electrons. The first-order chi connectivity index (χ1) is 16.1. The minimum Gasteiger partial charge on any atom is -0.384 e. The number of hydrogen-bond acceptors (Lipinski definition) is 7. The molecule has 4 heterocycles. The molecular weight excluding hydrogens is 440 g/mol. The summed E-state index contributed by atoms with van der Waals surface area (Å²) in [6.07, 6.45) is 2.40. The summed E-state index contributed by atoms with van der Waals surface area (Å²) < 4.78 is 0. The van der Waals surface area contributed by atoms with Crippen LogP contribution >= 0.6 is 11.6 Å². The lowest BCUT2D eigenvalue weighted by Gasteiger charge is -2.27. The summed E-state index contributed by atoms with van der Waals surface area (Å²) in [5, 5.41) is 7.41. The minimum atomic E-state index is -0.227. The lowest BCUT2D eigenvalue weighted by atomic mass is 10.1. The van der Waals surface area contributed by atoms with Crippen LogP contribution in [-0.4, -0.2) is 57.6 Å². The van der Waals surface area contributed by atoms with Crippen LogP contribution in [0.2, 0.25) is 5.02 Å². The van der Waals surface area contributed by atoms with Gasteiger partial charge in [-0.25, -0.2) is 9.97 Å². The normalized spacial score (nSPS) is 14.1. The molecule has 1 saturated heterocycles. The van der Waals surface area contributed by atoms with Crippen LogP contribution < -0.4 is 21.1 Å². The van der Waals surface area contributed by atoms with E-state index in [4.69, 9.17) is 11.6 Å². The average molecular weight is 465 g/mol. The molecule has 0 saturated carbocycles. The number of aromatic amines is 2.